The Morgan fingerprint density at radius 1 is 1.14 bits per heavy atom. The van der Waals surface area contributed by atoms with E-state index in [-0.39, 0.29) is 5.82 Å². The van der Waals surface area contributed by atoms with Gasteiger partial charge in [0, 0.05) is 16.0 Å². The van der Waals surface area contributed by atoms with E-state index in [1.54, 1.807) is 13.0 Å². The Morgan fingerprint density at radius 3 is 2.57 bits per heavy atom. The summed E-state index contributed by atoms with van der Waals surface area (Å²) in [6, 6.07) is 7.48. The molecule has 0 unspecified atom stereocenters. The van der Waals surface area contributed by atoms with Gasteiger partial charge in [-0.05, 0) is 31.4 Å². The van der Waals surface area contributed by atoms with Gasteiger partial charge in [-0.2, -0.15) is 0 Å². The van der Waals surface area contributed by atoms with Crippen LogP contribution in [0, 0.1) is 19.7 Å². The molecule has 0 saturated carbocycles. The molecule has 0 aromatic heterocycles. The third-order valence-electron chi connectivity index (χ3n) is 2.41. The van der Waals surface area contributed by atoms with Gasteiger partial charge in [0.05, 0.1) is 0 Å². The predicted octanol–water partition coefficient (Wildman–Crippen LogP) is 4.25. The first-order valence-corrected chi connectivity index (χ1v) is 4.82. The highest BCUT2D eigenvalue weighted by Gasteiger charge is 2.08. The van der Waals surface area contributed by atoms with Crippen LogP contribution in [-0.2, 0) is 0 Å². The summed E-state index contributed by atoms with van der Waals surface area (Å²) in [4.78, 5) is 0. The Balaban J connectivity index is 2.92. The van der Waals surface area contributed by atoms with Crippen LogP contribution in [0.1, 0.15) is 11.1 Å². The van der Waals surface area contributed by atoms with E-state index in [2.05, 4.69) is 0 Å². The molecule has 0 aliphatic heterocycles. The van der Waals surface area contributed by atoms with Crippen molar-refractivity contribution in [1.82, 2.24) is 0 Å². The average Bonchev–Trinajstić information content (AvgIpc) is 2.16. The van der Waals surface area contributed by atoms with Gasteiger partial charge < -0.3 is 0 Å². The summed E-state index contributed by atoms with van der Waals surface area (Å²) >= 11 is 5.89. The maximum atomic E-state index is 13.8. The number of halogens is 2. The molecule has 0 fully saturated rings. The van der Waals surface area contributed by atoms with Gasteiger partial charge >= 0.3 is 0 Å². The van der Waals surface area contributed by atoms with Crippen molar-refractivity contribution in [3.05, 3.63) is 46.2 Å². The largest absolute Gasteiger partial charge is 0.206 e. The molecular formula is C12H10ClF. The standard InChI is InChI=1S/C12H10ClF/c1-7-3-4-9-6-11(13)8(2)12(14)10(9)5-7/h3-6H,1-2H3. The normalized spacial score (nSPS) is 10.9. The fourth-order valence-electron chi connectivity index (χ4n) is 1.54. The van der Waals surface area contributed by atoms with Gasteiger partial charge in [0.1, 0.15) is 5.82 Å². The fourth-order valence-corrected chi connectivity index (χ4v) is 1.74. The quantitative estimate of drug-likeness (QED) is 0.607. The summed E-state index contributed by atoms with van der Waals surface area (Å²) in [7, 11) is 0. The second kappa shape index (κ2) is 3.25. The zero-order chi connectivity index (χ0) is 10.3. The maximum absolute atomic E-state index is 13.8. The first-order valence-electron chi connectivity index (χ1n) is 4.44. The van der Waals surface area contributed by atoms with Crippen molar-refractivity contribution in [2.45, 2.75) is 13.8 Å². The Labute approximate surface area is 87.3 Å². The number of aryl methyl sites for hydroxylation is 1. The van der Waals surface area contributed by atoms with Gasteiger partial charge in [0.2, 0.25) is 0 Å². The molecule has 0 heterocycles. The van der Waals surface area contributed by atoms with E-state index in [0.29, 0.717) is 16.0 Å². The average molecular weight is 209 g/mol. The molecule has 2 aromatic carbocycles. The molecule has 0 spiro atoms. The number of hydrogen-bond acceptors (Lipinski definition) is 0. The predicted molar refractivity (Wildman–Crippen MR) is 58.4 cm³/mol. The van der Waals surface area contributed by atoms with Crippen molar-refractivity contribution in [3.8, 4) is 0 Å². The topological polar surface area (TPSA) is 0 Å². The van der Waals surface area contributed by atoms with E-state index in [0.717, 1.165) is 10.9 Å². The zero-order valence-corrected chi connectivity index (χ0v) is 8.82. The number of rotatable bonds is 0. The molecule has 0 aliphatic rings. The zero-order valence-electron chi connectivity index (χ0n) is 8.07. The minimum atomic E-state index is -0.212. The van der Waals surface area contributed by atoms with Crippen LogP contribution in [0.2, 0.25) is 5.02 Å². The minimum Gasteiger partial charge on any atom is -0.206 e. The molecule has 14 heavy (non-hydrogen) atoms. The van der Waals surface area contributed by atoms with Crippen LogP contribution in [0.25, 0.3) is 10.8 Å². The van der Waals surface area contributed by atoms with Crippen molar-refractivity contribution in [3.63, 3.8) is 0 Å². The Morgan fingerprint density at radius 2 is 1.86 bits per heavy atom. The van der Waals surface area contributed by atoms with Gasteiger partial charge in [-0.15, -0.1) is 0 Å². The number of fused-ring (bicyclic) bond motifs is 1. The van der Waals surface area contributed by atoms with Crippen LogP contribution >= 0.6 is 11.6 Å². The number of hydrogen-bond donors (Lipinski definition) is 0. The molecule has 72 valence electrons. The van der Waals surface area contributed by atoms with E-state index in [1.807, 2.05) is 25.1 Å². The lowest BCUT2D eigenvalue weighted by Crippen LogP contribution is -1.87. The summed E-state index contributed by atoms with van der Waals surface area (Å²) in [5.41, 5.74) is 1.57. The SMILES string of the molecule is Cc1ccc2cc(Cl)c(C)c(F)c2c1. The highest BCUT2D eigenvalue weighted by Crippen LogP contribution is 2.27. The van der Waals surface area contributed by atoms with Crippen LogP contribution in [0.5, 0.6) is 0 Å². The fraction of sp³-hybridized carbons (Fsp3) is 0.167. The third kappa shape index (κ3) is 1.38. The molecule has 2 aromatic rings. The monoisotopic (exact) mass is 208 g/mol. The van der Waals surface area contributed by atoms with E-state index < -0.39 is 0 Å². The summed E-state index contributed by atoms with van der Waals surface area (Å²) in [5, 5.41) is 1.98. The van der Waals surface area contributed by atoms with E-state index in [1.165, 1.54) is 0 Å². The Hall–Kier alpha value is -1.08. The number of benzene rings is 2. The van der Waals surface area contributed by atoms with Gasteiger partial charge in [-0.25, -0.2) is 4.39 Å². The molecule has 0 nitrogen and oxygen atoms in total. The maximum Gasteiger partial charge on any atom is 0.135 e. The molecule has 0 saturated heterocycles. The summed E-state index contributed by atoms with van der Waals surface area (Å²) in [6.45, 7) is 3.64. The van der Waals surface area contributed by atoms with Gasteiger partial charge in [0.25, 0.3) is 0 Å². The van der Waals surface area contributed by atoms with E-state index in [4.69, 9.17) is 11.6 Å². The summed E-state index contributed by atoms with van der Waals surface area (Å²) in [5.74, 6) is -0.212. The van der Waals surface area contributed by atoms with E-state index in [9.17, 15) is 4.39 Å². The highest BCUT2D eigenvalue weighted by atomic mass is 35.5. The molecule has 0 bridgehead atoms. The molecular weight excluding hydrogens is 199 g/mol. The van der Waals surface area contributed by atoms with Crippen LogP contribution < -0.4 is 0 Å². The van der Waals surface area contributed by atoms with Crippen molar-refractivity contribution >= 4 is 22.4 Å². The minimum absolute atomic E-state index is 0.212. The lowest BCUT2D eigenvalue weighted by molar-refractivity contribution is 0.631. The third-order valence-corrected chi connectivity index (χ3v) is 2.81. The van der Waals surface area contributed by atoms with Crippen LogP contribution in [-0.4, -0.2) is 0 Å². The Bertz CT molecular complexity index is 503. The molecule has 0 amide bonds. The first kappa shape index (κ1) is 9.47. The van der Waals surface area contributed by atoms with Gasteiger partial charge in [-0.3, -0.25) is 0 Å². The molecule has 2 heteroatoms. The lowest BCUT2D eigenvalue weighted by Gasteiger charge is -2.05. The second-order valence-electron chi connectivity index (χ2n) is 3.52. The Kier molecular flexibility index (Phi) is 2.20. The highest BCUT2D eigenvalue weighted by molar-refractivity contribution is 6.32. The summed E-state index contributed by atoms with van der Waals surface area (Å²) in [6.07, 6.45) is 0. The van der Waals surface area contributed by atoms with Crippen LogP contribution in [0.15, 0.2) is 24.3 Å². The molecule has 0 N–H and O–H groups in total. The van der Waals surface area contributed by atoms with Gasteiger partial charge in [-0.1, -0.05) is 29.3 Å². The van der Waals surface area contributed by atoms with Crippen molar-refractivity contribution in [2.75, 3.05) is 0 Å². The summed E-state index contributed by atoms with van der Waals surface area (Å²) < 4.78 is 13.8. The van der Waals surface area contributed by atoms with Crippen molar-refractivity contribution < 1.29 is 4.39 Å². The van der Waals surface area contributed by atoms with Gasteiger partial charge in [0.15, 0.2) is 0 Å². The first-order chi connectivity index (χ1) is 6.59. The molecule has 0 atom stereocenters. The van der Waals surface area contributed by atoms with Crippen LogP contribution in [0.3, 0.4) is 0 Å². The smallest absolute Gasteiger partial charge is 0.135 e. The van der Waals surface area contributed by atoms with Crippen LogP contribution in [0.4, 0.5) is 4.39 Å². The second-order valence-corrected chi connectivity index (χ2v) is 3.93. The van der Waals surface area contributed by atoms with Crippen molar-refractivity contribution in [1.29, 1.82) is 0 Å². The van der Waals surface area contributed by atoms with Crippen molar-refractivity contribution in [2.24, 2.45) is 0 Å². The molecule has 2 rings (SSSR count). The van der Waals surface area contributed by atoms with E-state index >= 15 is 0 Å². The molecule has 0 radical (unpaired) electrons. The molecule has 0 aliphatic carbocycles. The lowest BCUT2D eigenvalue weighted by atomic mass is 10.0.